The largest absolute Gasteiger partial charge is 0.343 e. The van der Waals surface area contributed by atoms with Crippen molar-refractivity contribution in [3.05, 3.63) is 12.2 Å². The molecule has 3 atom stereocenters. The molecule has 1 aromatic rings. The third-order valence-corrected chi connectivity index (χ3v) is 4.36. The van der Waals surface area contributed by atoms with Crippen LogP contribution in [-0.2, 0) is 6.54 Å². The quantitative estimate of drug-likeness (QED) is 0.847. The first-order valence-corrected chi connectivity index (χ1v) is 7.15. The van der Waals surface area contributed by atoms with Gasteiger partial charge >= 0.3 is 0 Å². The molecule has 5 nitrogen and oxygen atoms in total. The molecular formula is C13H22N4O. The molecule has 3 rings (SSSR count). The summed E-state index contributed by atoms with van der Waals surface area (Å²) in [6.07, 6.45) is 9.41. The van der Waals surface area contributed by atoms with E-state index in [-0.39, 0.29) is 0 Å². The van der Waals surface area contributed by atoms with Gasteiger partial charge in [-0.05, 0) is 38.1 Å². The molecule has 100 valence electrons. The summed E-state index contributed by atoms with van der Waals surface area (Å²) in [4.78, 5) is 4.07. The van der Waals surface area contributed by atoms with Crippen LogP contribution in [0.5, 0.6) is 0 Å². The second-order valence-electron chi connectivity index (χ2n) is 5.49. The molecule has 1 aliphatic carbocycles. The van der Waals surface area contributed by atoms with Gasteiger partial charge in [0.15, 0.2) is 5.82 Å². The number of rotatable bonds is 4. The second-order valence-corrected chi connectivity index (χ2v) is 5.49. The molecule has 2 aliphatic rings. The Morgan fingerprint density at radius 2 is 2.22 bits per heavy atom. The van der Waals surface area contributed by atoms with E-state index in [2.05, 4.69) is 20.8 Å². The highest BCUT2D eigenvalue weighted by Gasteiger charge is 2.32. The number of nitrogens with zero attached hydrogens (tertiary/aromatic N) is 2. The zero-order valence-electron chi connectivity index (χ0n) is 10.8. The number of hydrogen-bond donors (Lipinski definition) is 2. The van der Waals surface area contributed by atoms with Crippen LogP contribution < -0.4 is 10.6 Å². The van der Waals surface area contributed by atoms with E-state index < -0.39 is 0 Å². The molecule has 0 bridgehead atoms. The molecule has 1 saturated heterocycles. The lowest BCUT2D eigenvalue weighted by molar-refractivity contribution is 0.212. The zero-order chi connectivity index (χ0) is 12.2. The average Bonchev–Trinajstić information content (AvgIpc) is 3.10. The van der Waals surface area contributed by atoms with Crippen molar-refractivity contribution < 1.29 is 4.52 Å². The van der Waals surface area contributed by atoms with Crippen LogP contribution in [0.2, 0.25) is 0 Å². The maximum Gasteiger partial charge on any atom is 0.213 e. The van der Waals surface area contributed by atoms with Crippen LogP contribution in [0.1, 0.15) is 44.3 Å². The lowest BCUT2D eigenvalue weighted by Crippen LogP contribution is -2.46. The lowest BCUT2D eigenvalue weighted by Gasteiger charge is -2.36. The van der Waals surface area contributed by atoms with Crippen molar-refractivity contribution >= 4 is 0 Å². The summed E-state index contributed by atoms with van der Waals surface area (Å²) in [6, 6.07) is 1.32. The molecule has 0 radical (unpaired) electrons. The van der Waals surface area contributed by atoms with E-state index in [9.17, 15) is 0 Å². The fraction of sp³-hybridized carbons (Fsp3) is 0.846. The monoisotopic (exact) mass is 250 g/mol. The van der Waals surface area contributed by atoms with Gasteiger partial charge in [-0.15, -0.1) is 0 Å². The van der Waals surface area contributed by atoms with E-state index in [0.717, 1.165) is 18.3 Å². The molecule has 2 heterocycles. The SMILES string of the molecule is c1nc(CNC2CCCCC2C2CCCN2)no1. The van der Waals surface area contributed by atoms with Crippen LogP contribution in [0, 0.1) is 5.92 Å². The lowest BCUT2D eigenvalue weighted by atomic mass is 9.79. The normalized spacial score (nSPS) is 32.8. The fourth-order valence-electron chi connectivity index (χ4n) is 3.46. The molecule has 18 heavy (non-hydrogen) atoms. The van der Waals surface area contributed by atoms with Gasteiger partial charge in [-0.2, -0.15) is 4.98 Å². The number of hydrogen-bond acceptors (Lipinski definition) is 5. The summed E-state index contributed by atoms with van der Waals surface area (Å²) in [6.45, 7) is 1.92. The van der Waals surface area contributed by atoms with E-state index in [0.29, 0.717) is 12.1 Å². The molecule has 1 aromatic heterocycles. The van der Waals surface area contributed by atoms with Crippen LogP contribution in [0.4, 0.5) is 0 Å². The Hall–Kier alpha value is -0.940. The molecule has 0 spiro atoms. The molecule has 2 N–H and O–H groups in total. The minimum Gasteiger partial charge on any atom is -0.343 e. The highest BCUT2D eigenvalue weighted by molar-refractivity contribution is 4.92. The van der Waals surface area contributed by atoms with Crippen molar-refractivity contribution in [3.8, 4) is 0 Å². The predicted octanol–water partition coefficient (Wildman–Crippen LogP) is 1.47. The van der Waals surface area contributed by atoms with E-state index >= 15 is 0 Å². The first kappa shape index (κ1) is 12.1. The Bertz CT molecular complexity index is 348. The Balaban J connectivity index is 1.57. The summed E-state index contributed by atoms with van der Waals surface area (Å²) in [5, 5.41) is 11.1. The fourth-order valence-corrected chi connectivity index (χ4v) is 3.46. The van der Waals surface area contributed by atoms with Gasteiger partial charge in [-0.25, -0.2) is 0 Å². The first-order chi connectivity index (χ1) is 8.93. The van der Waals surface area contributed by atoms with Gasteiger partial charge < -0.3 is 15.2 Å². The Kier molecular flexibility index (Phi) is 3.90. The minimum atomic E-state index is 0.604. The van der Waals surface area contributed by atoms with Gasteiger partial charge in [0.2, 0.25) is 6.39 Å². The third kappa shape index (κ3) is 2.72. The number of aromatic nitrogens is 2. The van der Waals surface area contributed by atoms with Gasteiger partial charge in [0, 0.05) is 12.1 Å². The molecular weight excluding hydrogens is 228 g/mol. The van der Waals surface area contributed by atoms with Crippen molar-refractivity contribution in [1.29, 1.82) is 0 Å². The molecule has 1 saturated carbocycles. The Morgan fingerprint density at radius 1 is 1.28 bits per heavy atom. The van der Waals surface area contributed by atoms with Crippen molar-refractivity contribution in [2.75, 3.05) is 6.54 Å². The summed E-state index contributed by atoms with van der Waals surface area (Å²) in [7, 11) is 0. The molecule has 3 unspecified atom stereocenters. The van der Waals surface area contributed by atoms with Crippen LogP contribution in [0.15, 0.2) is 10.9 Å². The predicted molar refractivity (Wildman–Crippen MR) is 67.9 cm³/mol. The smallest absolute Gasteiger partial charge is 0.213 e. The van der Waals surface area contributed by atoms with Crippen LogP contribution in [0.25, 0.3) is 0 Å². The summed E-state index contributed by atoms with van der Waals surface area (Å²) in [5.41, 5.74) is 0. The standard InChI is InChI=1S/C13H22N4O/c1-2-5-12(15-8-13-16-9-18-17-13)10(4-1)11-6-3-7-14-11/h9-12,14-15H,1-8H2. The molecule has 5 heteroatoms. The van der Waals surface area contributed by atoms with Crippen molar-refractivity contribution in [1.82, 2.24) is 20.8 Å². The Morgan fingerprint density at radius 3 is 3.00 bits per heavy atom. The van der Waals surface area contributed by atoms with E-state index in [1.54, 1.807) is 0 Å². The molecule has 1 aliphatic heterocycles. The summed E-state index contributed by atoms with van der Waals surface area (Å²) in [5.74, 6) is 1.53. The first-order valence-electron chi connectivity index (χ1n) is 7.15. The minimum absolute atomic E-state index is 0.604. The second kappa shape index (κ2) is 5.80. The zero-order valence-corrected chi connectivity index (χ0v) is 10.8. The number of nitrogens with one attached hydrogen (secondary N) is 2. The van der Waals surface area contributed by atoms with E-state index in [1.807, 2.05) is 0 Å². The van der Waals surface area contributed by atoms with Gasteiger partial charge in [0.1, 0.15) is 0 Å². The van der Waals surface area contributed by atoms with Gasteiger partial charge in [0.05, 0.1) is 6.54 Å². The Labute approximate surface area is 108 Å². The van der Waals surface area contributed by atoms with Gasteiger partial charge in [-0.3, -0.25) is 0 Å². The van der Waals surface area contributed by atoms with Gasteiger partial charge in [-0.1, -0.05) is 18.0 Å². The van der Waals surface area contributed by atoms with E-state index in [1.165, 1.54) is 51.5 Å². The van der Waals surface area contributed by atoms with Crippen molar-refractivity contribution in [3.63, 3.8) is 0 Å². The maximum atomic E-state index is 4.77. The van der Waals surface area contributed by atoms with Crippen LogP contribution in [0.3, 0.4) is 0 Å². The maximum absolute atomic E-state index is 4.77. The molecule has 2 fully saturated rings. The third-order valence-electron chi connectivity index (χ3n) is 4.36. The topological polar surface area (TPSA) is 63.0 Å². The molecule has 0 aromatic carbocycles. The van der Waals surface area contributed by atoms with E-state index in [4.69, 9.17) is 4.52 Å². The van der Waals surface area contributed by atoms with Crippen LogP contribution >= 0.6 is 0 Å². The van der Waals surface area contributed by atoms with Crippen LogP contribution in [-0.4, -0.2) is 28.8 Å². The summed E-state index contributed by atoms with van der Waals surface area (Å²) >= 11 is 0. The summed E-state index contributed by atoms with van der Waals surface area (Å²) < 4.78 is 4.77. The van der Waals surface area contributed by atoms with Crippen molar-refractivity contribution in [2.45, 2.75) is 57.2 Å². The van der Waals surface area contributed by atoms with Gasteiger partial charge in [0.25, 0.3) is 0 Å². The highest BCUT2D eigenvalue weighted by atomic mass is 16.5. The average molecular weight is 250 g/mol. The highest BCUT2D eigenvalue weighted by Crippen LogP contribution is 2.30. The molecule has 0 amide bonds. The van der Waals surface area contributed by atoms with Crippen molar-refractivity contribution in [2.24, 2.45) is 5.92 Å².